The number of nitrogens with one attached hydrogen (secondary N) is 1. The van der Waals surface area contributed by atoms with Crippen molar-refractivity contribution in [3.8, 4) is 11.4 Å². The van der Waals surface area contributed by atoms with Crippen LogP contribution in [0.2, 0.25) is 0 Å². The molecule has 4 aromatic rings. The molecule has 1 atom stereocenters. The highest BCUT2D eigenvalue weighted by Crippen LogP contribution is 2.21. The maximum Gasteiger partial charge on any atom is 0.255 e. The Kier molecular flexibility index (Phi) is 5.51. The lowest BCUT2D eigenvalue weighted by molar-refractivity contribution is 0.0935. The lowest BCUT2D eigenvalue weighted by atomic mass is 10.1. The van der Waals surface area contributed by atoms with E-state index < -0.39 is 0 Å². The van der Waals surface area contributed by atoms with Crippen LogP contribution >= 0.6 is 0 Å². The number of amides is 1. The molecule has 0 saturated heterocycles. The Hall–Kier alpha value is -4.01. The van der Waals surface area contributed by atoms with Gasteiger partial charge in [-0.05, 0) is 36.8 Å². The van der Waals surface area contributed by atoms with Crippen molar-refractivity contribution in [3.05, 3.63) is 84.0 Å². The van der Waals surface area contributed by atoms with Gasteiger partial charge in [-0.3, -0.25) is 4.79 Å². The average molecular weight is 404 g/mol. The summed E-state index contributed by atoms with van der Waals surface area (Å²) in [5.41, 5.74) is 2.29. The molecule has 0 aliphatic carbocycles. The Balaban J connectivity index is 1.43. The zero-order valence-electron chi connectivity index (χ0n) is 16.5. The number of carbonyl (C=O) groups excluding carboxylic acids is 1. The monoisotopic (exact) mass is 404 g/mol. The highest BCUT2D eigenvalue weighted by molar-refractivity contribution is 5.97. The molecular formula is C21H20N6O3. The first-order valence-corrected chi connectivity index (χ1v) is 9.37. The number of nitrogens with zero attached hydrogens (tertiary/aromatic N) is 5. The minimum absolute atomic E-state index is 0.112. The van der Waals surface area contributed by atoms with E-state index in [1.54, 1.807) is 42.2 Å². The summed E-state index contributed by atoms with van der Waals surface area (Å²) in [7, 11) is 0. The average Bonchev–Trinajstić information content (AvgIpc) is 3.44. The normalized spacial score (nSPS) is 11.8. The number of rotatable bonds is 7. The maximum absolute atomic E-state index is 12.9. The summed E-state index contributed by atoms with van der Waals surface area (Å²) < 4.78 is 12.3. The number of carbonyl (C=O) groups is 1. The predicted molar refractivity (Wildman–Crippen MR) is 107 cm³/mol. The Labute approximate surface area is 172 Å². The molecule has 2 aromatic carbocycles. The molecule has 30 heavy (non-hydrogen) atoms. The third-order valence-corrected chi connectivity index (χ3v) is 4.48. The van der Waals surface area contributed by atoms with Crippen molar-refractivity contribution < 1.29 is 14.1 Å². The third-order valence-electron chi connectivity index (χ3n) is 4.48. The summed E-state index contributed by atoms with van der Waals surface area (Å²) in [4.78, 5) is 20.9. The van der Waals surface area contributed by atoms with Crippen LogP contribution in [0.4, 0.5) is 0 Å². The molecule has 4 rings (SSSR count). The quantitative estimate of drug-likeness (QED) is 0.504. The second kappa shape index (κ2) is 8.56. The van der Waals surface area contributed by atoms with Gasteiger partial charge in [-0.15, -0.1) is 0 Å². The summed E-state index contributed by atoms with van der Waals surface area (Å²) in [6, 6.07) is 14.6. The van der Waals surface area contributed by atoms with E-state index in [2.05, 4.69) is 25.5 Å². The third kappa shape index (κ3) is 4.35. The first-order valence-electron chi connectivity index (χ1n) is 9.37. The Morgan fingerprint density at radius 1 is 1.20 bits per heavy atom. The van der Waals surface area contributed by atoms with Crippen molar-refractivity contribution >= 4 is 5.91 Å². The summed E-state index contributed by atoms with van der Waals surface area (Å²) in [6.07, 6.45) is 3.11. The molecule has 2 heterocycles. The molecule has 9 heteroatoms. The van der Waals surface area contributed by atoms with Crippen molar-refractivity contribution in [1.82, 2.24) is 30.2 Å². The minimum Gasteiger partial charge on any atom is -0.485 e. The van der Waals surface area contributed by atoms with E-state index in [0.717, 1.165) is 11.3 Å². The van der Waals surface area contributed by atoms with Crippen molar-refractivity contribution in [2.24, 2.45) is 0 Å². The molecule has 1 amide bonds. The lowest BCUT2D eigenvalue weighted by Crippen LogP contribution is -2.27. The van der Waals surface area contributed by atoms with Gasteiger partial charge in [0.2, 0.25) is 11.7 Å². The minimum atomic E-state index is -0.234. The van der Waals surface area contributed by atoms with Crippen LogP contribution in [0.15, 0.2) is 65.7 Å². The predicted octanol–water partition coefficient (Wildman–Crippen LogP) is 3.03. The molecule has 0 radical (unpaired) electrons. The van der Waals surface area contributed by atoms with Crippen LogP contribution in [-0.2, 0) is 6.61 Å². The number of benzene rings is 2. The Bertz CT molecular complexity index is 1120. The Morgan fingerprint density at radius 2 is 2.00 bits per heavy atom. The maximum atomic E-state index is 12.9. The second-order valence-electron chi connectivity index (χ2n) is 6.64. The van der Waals surface area contributed by atoms with Gasteiger partial charge in [0.1, 0.15) is 18.4 Å². The van der Waals surface area contributed by atoms with Crippen LogP contribution in [0, 0.1) is 6.92 Å². The smallest absolute Gasteiger partial charge is 0.255 e. The zero-order chi connectivity index (χ0) is 20.9. The number of para-hydroxylation sites is 1. The van der Waals surface area contributed by atoms with Gasteiger partial charge in [0.25, 0.3) is 5.91 Å². The molecule has 0 unspecified atom stereocenters. The van der Waals surface area contributed by atoms with Gasteiger partial charge in [0.05, 0.1) is 17.3 Å². The number of hydrogen-bond donors (Lipinski definition) is 1. The molecule has 0 fully saturated rings. The second-order valence-corrected chi connectivity index (χ2v) is 6.64. The number of hydrogen-bond acceptors (Lipinski definition) is 7. The molecule has 0 bridgehead atoms. The van der Waals surface area contributed by atoms with Crippen molar-refractivity contribution in [2.45, 2.75) is 26.5 Å². The molecule has 2 aromatic heterocycles. The fourth-order valence-corrected chi connectivity index (χ4v) is 2.94. The fraction of sp³-hybridized carbons (Fsp3) is 0.190. The lowest BCUT2D eigenvalue weighted by Gasteiger charge is -2.16. The van der Waals surface area contributed by atoms with E-state index in [-0.39, 0.29) is 18.6 Å². The molecular weight excluding hydrogens is 384 g/mol. The van der Waals surface area contributed by atoms with Crippen LogP contribution in [0.5, 0.6) is 5.75 Å². The molecule has 152 valence electrons. The molecule has 1 N–H and O–H groups in total. The van der Waals surface area contributed by atoms with E-state index in [0.29, 0.717) is 23.0 Å². The molecule has 0 aliphatic rings. The summed E-state index contributed by atoms with van der Waals surface area (Å²) >= 11 is 0. The number of aromatic nitrogens is 5. The highest BCUT2D eigenvalue weighted by Gasteiger charge is 2.16. The molecule has 0 spiro atoms. The first kappa shape index (κ1) is 19.3. The standard InChI is InChI=1S/C21H20N6O3/c1-14(16-7-9-17(10-8-16)27-13-22-12-23-27)24-21(28)18-5-3-4-6-19(18)29-11-20-25-15(2)30-26-20/h3-10,12-14H,11H2,1-2H3,(H,24,28)/t14-/m0/s1. The van der Waals surface area contributed by atoms with E-state index in [9.17, 15) is 4.79 Å². The van der Waals surface area contributed by atoms with Gasteiger partial charge in [-0.2, -0.15) is 10.1 Å². The zero-order valence-corrected chi connectivity index (χ0v) is 16.5. The summed E-state index contributed by atoms with van der Waals surface area (Å²) in [5.74, 6) is 1.10. The van der Waals surface area contributed by atoms with E-state index >= 15 is 0 Å². The van der Waals surface area contributed by atoms with E-state index in [4.69, 9.17) is 9.26 Å². The SMILES string of the molecule is Cc1nc(COc2ccccc2C(=O)N[C@@H](C)c2ccc(-n3cncn3)cc2)no1. The molecule has 0 saturated carbocycles. The molecule has 0 aliphatic heterocycles. The highest BCUT2D eigenvalue weighted by atomic mass is 16.5. The van der Waals surface area contributed by atoms with Crippen LogP contribution in [0.3, 0.4) is 0 Å². The Morgan fingerprint density at radius 3 is 2.70 bits per heavy atom. The van der Waals surface area contributed by atoms with Crippen molar-refractivity contribution in [1.29, 1.82) is 0 Å². The van der Waals surface area contributed by atoms with Gasteiger partial charge >= 0.3 is 0 Å². The summed E-state index contributed by atoms with van der Waals surface area (Å²) in [6.45, 7) is 3.74. The first-order chi connectivity index (χ1) is 14.6. The van der Waals surface area contributed by atoms with Gasteiger partial charge < -0.3 is 14.6 Å². The van der Waals surface area contributed by atoms with E-state index in [1.807, 2.05) is 31.2 Å². The van der Waals surface area contributed by atoms with Gasteiger partial charge in [-0.25, -0.2) is 9.67 Å². The summed E-state index contributed by atoms with van der Waals surface area (Å²) in [5, 5.41) is 10.9. The number of aryl methyl sites for hydroxylation is 1. The van der Waals surface area contributed by atoms with Crippen LogP contribution < -0.4 is 10.1 Å². The van der Waals surface area contributed by atoms with Crippen LogP contribution in [0.25, 0.3) is 5.69 Å². The van der Waals surface area contributed by atoms with Gasteiger partial charge in [-0.1, -0.05) is 29.4 Å². The van der Waals surface area contributed by atoms with Gasteiger partial charge in [0, 0.05) is 6.92 Å². The fourth-order valence-electron chi connectivity index (χ4n) is 2.94. The van der Waals surface area contributed by atoms with Gasteiger partial charge in [0.15, 0.2) is 6.61 Å². The van der Waals surface area contributed by atoms with Crippen molar-refractivity contribution in [3.63, 3.8) is 0 Å². The van der Waals surface area contributed by atoms with Crippen molar-refractivity contribution in [2.75, 3.05) is 0 Å². The van der Waals surface area contributed by atoms with Crippen LogP contribution in [-0.4, -0.2) is 30.8 Å². The van der Waals surface area contributed by atoms with E-state index in [1.165, 1.54) is 6.33 Å². The van der Waals surface area contributed by atoms with Crippen LogP contribution in [0.1, 0.15) is 40.6 Å². The number of ether oxygens (including phenoxy) is 1. The topological polar surface area (TPSA) is 108 Å². The molecule has 9 nitrogen and oxygen atoms in total. The largest absolute Gasteiger partial charge is 0.485 e.